The molecule has 4 rings (SSSR count). The topological polar surface area (TPSA) is 78.4 Å². The Balaban J connectivity index is 1.29. The fraction of sp³-hybridized carbons (Fsp3) is 0.600. The van der Waals surface area contributed by atoms with Gasteiger partial charge in [-0.1, -0.05) is 50.2 Å². The van der Waals surface area contributed by atoms with E-state index in [1.54, 1.807) is 4.90 Å². The molecule has 2 amide bonds. The molecule has 1 aromatic heterocycles. The SMILES string of the molecule is CCC(C)CCc1nnc(NC(=O)C2CC(=O)N(c3ccc(CN4CCCCC4)cc3)C2)s1. The number of nitrogens with zero attached hydrogens (tertiary/aromatic N) is 4. The summed E-state index contributed by atoms with van der Waals surface area (Å²) in [4.78, 5) is 29.6. The van der Waals surface area contributed by atoms with Crippen LogP contribution in [0.3, 0.4) is 0 Å². The van der Waals surface area contributed by atoms with Gasteiger partial charge in [0.2, 0.25) is 16.9 Å². The maximum absolute atomic E-state index is 12.8. The number of carbonyl (C=O) groups is 2. The Morgan fingerprint density at radius 1 is 1.18 bits per heavy atom. The number of hydrogen-bond donors (Lipinski definition) is 1. The van der Waals surface area contributed by atoms with Crippen molar-refractivity contribution in [3.63, 3.8) is 0 Å². The van der Waals surface area contributed by atoms with Gasteiger partial charge in [0.15, 0.2) is 0 Å². The van der Waals surface area contributed by atoms with Gasteiger partial charge in [0.05, 0.1) is 5.92 Å². The number of aromatic nitrogens is 2. The number of likely N-dealkylation sites (tertiary alicyclic amines) is 1. The Kier molecular flexibility index (Phi) is 8.09. The zero-order valence-corrected chi connectivity index (χ0v) is 20.6. The minimum Gasteiger partial charge on any atom is -0.312 e. The van der Waals surface area contributed by atoms with Gasteiger partial charge >= 0.3 is 0 Å². The molecule has 0 spiro atoms. The molecule has 8 heteroatoms. The lowest BCUT2D eigenvalue weighted by atomic mass is 10.0. The first-order valence-electron chi connectivity index (χ1n) is 12.3. The highest BCUT2D eigenvalue weighted by Gasteiger charge is 2.35. The van der Waals surface area contributed by atoms with E-state index in [1.165, 1.54) is 36.2 Å². The lowest BCUT2D eigenvalue weighted by molar-refractivity contribution is -0.122. The molecule has 2 aliphatic heterocycles. The molecule has 178 valence electrons. The van der Waals surface area contributed by atoms with E-state index in [0.29, 0.717) is 17.6 Å². The fourth-order valence-corrected chi connectivity index (χ4v) is 5.23. The minimum absolute atomic E-state index is 0.00886. The second-order valence-corrected chi connectivity index (χ2v) is 10.5. The van der Waals surface area contributed by atoms with E-state index < -0.39 is 0 Å². The van der Waals surface area contributed by atoms with Crippen molar-refractivity contribution in [2.45, 2.75) is 65.3 Å². The van der Waals surface area contributed by atoms with Gasteiger partial charge in [-0.05, 0) is 56.0 Å². The van der Waals surface area contributed by atoms with Crippen LogP contribution in [0.25, 0.3) is 0 Å². The lowest BCUT2D eigenvalue weighted by Crippen LogP contribution is -2.29. The smallest absolute Gasteiger partial charge is 0.231 e. The molecule has 0 aliphatic carbocycles. The number of benzene rings is 1. The first kappa shape index (κ1) is 23.8. The average molecular weight is 470 g/mol. The molecule has 0 saturated carbocycles. The van der Waals surface area contributed by atoms with Crippen molar-refractivity contribution in [1.29, 1.82) is 0 Å². The summed E-state index contributed by atoms with van der Waals surface area (Å²) in [5.74, 6) is 0.113. The molecule has 0 bridgehead atoms. The summed E-state index contributed by atoms with van der Waals surface area (Å²) in [6, 6.07) is 8.22. The summed E-state index contributed by atoms with van der Waals surface area (Å²) in [5, 5.41) is 12.7. The van der Waals surface area contributed by atoms with Gasteiger partial charge < -0.3 is 10.2 Å². The summed E-state index contributed by atoms with van der Waals surface area (Å²) >= 11 is 1.43. The molecule has 2 atom stereocenters. The average Bonchev–Trinajstić information content (AvgIpc) is 3.45. The summed E-state index contributed by atoms with van der Waals surface area (Å²) < 4.78 is 0. The molecule has 2 saturated heterocycles. The maximum atomic E-state index is 12.8. The molecule has 1 N–H and O–H groups in total. The Morgan fingerprint density at radius 2 is 1.94 bits per heavy atom. The first-order valence-corrected chi connectivity index (χ1v) is 13.1. The van der Waals surface area contributed by atoms with Crippen LogP contribution < -0.4 is 10.2 Å². The van der Waals surface area contributed by atoms with Crippen molar-refractivity contribution in [1.82, 2.24) is 15.1 Å². The standard InChI is InChI=1S/C25H35N5O2S/c1-3-18(2)7-12-22-27-28-25(33-22)26-24(32)20-15-23(31)30(17-20)21-10-8-19(9-11-21)16-29-13-5-4-6-14-29/h8-11,18,20H,3-7,12-17H2,1-2H3,(H,26,28,32). The molecule has 1 aromatic carbocycles. The third kappa shape index (κ3) is 6.38. The second-order valence-electron chi connectivity index (χ2n) is 9.45. The van der Waals surface area contributed by atoms with Crippen LogP contribution in [0.2, 0.25) is 0 Å². The van der Waals surface area contributed by atoms with E-state index in [2.05, 4.69) is 46.4 Å². The first-order chi connectivity index (χ1) is 16.0. The number of rotatable bonds is 9. The van der Waals surface area contributed by atoms with Crippen LogP contribution in [-0.2, 0) is 22.6 Å². The fourth-order valence-electron chi connectivity index (χ4n) is 4.48. The number of aryl methyl sites for hydroxylation is 1. The lowest BCUT2D eigenvalue weighted by Gasteiger charge is -2.26. The van der Waals surface area contributed by atoms with E-state index in [9.17, 15) is 9.59 Å². The van der Waals surface area contributed by atoms with Crippen LogP contribution in [0.5, 0.6) is 0 Å². The van der Waals surface area contributed by atoms with Crippen LogP contribution in [-0.4, -0.2) is 46.5 Å². The van der Waals surface area contributed by atoms with E-state index in [0.717, 1.165) is 49.6 Å². The van der Waals surface area contributed by atoms with Crippen LogP contribution in [0.4, 0.5) is 10.8 Å². The number of nitrogens with one attached hydrogen (secondary N) is 1. The molecule has 33 heavy (non-hydrogen) atoms. The number of hydrogen-bond acceptors (Lipinski definition) is 6. The highest BCUT2D eigenvalue weighted by molar-refractivity contribution is 7.15. The Labute approximate surface area is 200 Å². The third-order valence-electron chi connectivity index (χ3n) is 6.84. The normalized spacial score (nSPS) is 20.2. The monoisotopic (exact) mass is 469 g/mol. The zero-order chi connectivity index (χ0) is 23.2. The molecule has 3 heterocycles. The Bertz CT molecular complexity index is 939. The van der Waals surface area contributed by atoms with Crippen molar-refractivity contribution >= 4 is 34.0 Å². The predicted molar refractivity (Wildman–Crippen MR) is 132 cm³/mol. The Hall–Kier alpha value is -2.32. The van der Waals surface area contributed by atoms with Crippen LogP contribution in [0.15, 0.2) is 24.3 Å². The highest BCUT2D eigenvalue weighted by Crippen LogP contribution is 2.27. The number of piperidine rings is 1. The van der Waals surface area contributed by atoms with E-state index in [-0.39, 0.29) is 24.2 Å². The van der Waals surface area contributed by atoms with Gasteiger partial charge in [0.25, 0.3) is 0 Å². The van der Waals surface area contributed by atoms with Crippen molar-refractivity contribution in [2.75, 3.05) is 29.9 Å². The number of amides is 2. The van der Waals surface area contributed by atoms with Crippen LogP contribution in [0.1, 0.15) is 62.9 Å². The van der Waals surface area contributed by atoms with Crippen molar-refractivity contribution < 1.29 is 9.59 Å². The van der Waals surface area contributed by atoms with E-state index in [1.807, 2.05) is 12.1 Å². The largest absolute Gasteiger partial charge is 0.312 e. The molecular weight excluding hydrogens is 434 g/mol. The van der Waals surface area contributed by atoms with Crippen molar-refractivity contribution in [2.24, 2.45) is 11.8 Å². The molecule has 0 radical (unpaired) electrons. The molecule has 2 unspecified atom stereocenters. The molecule has 2 aliphatic rings. The highest BCUT2D eigenvalue weighted by atomic mass is 32.1. The van der Waals surface area contributed by atoms with Gasteiger partial charge in [-0.15, -0.1) is 10.2 Å². The summed E-state index contributed by atoms with van der Waals surface area (Å²) in [6.45, 7) is 8.10. The summed E-state index contributed by atoms with van der Waals surface area (Å²) in [6.07, 6.45) is 7.21. The van der Waals surface area contributed by atoms with E-state index >= 15 is 0 Å². The molecule has 2 aromatic rings. The van der Waals surface area contributed by atoms with Gasteiger partial charge in [-0.2, -0.15) is 0 Å². The zero-order valence-electron chi connectivity index (χ0n) is 19.8. The number of anilines is 2. The molecular formula is C25H35N5O2S. The van der Waals surface area contributed by atoms with Crippen molar-refractivity contribution in [3.8, 4) is 0 Å². The molecule has 7 nitrogen and oxygen atoms in total. The van der Waals surface area contributed by atoms with Gasteiger partial charge in [-0.25, -0.2) is 0 Å². The third-order valence-corrected chi connectivity index (χ3v) is 7.74. The molecule has 2 fully saturated rings. The van der Waals surface area contributed by atoms with Crippen LogP contribution >= 0.6 is 11.3 Å². The van der Waals surface area contributed by atoms with Gasteiger partial charge in [0.1, 0.15) is 5.01 Å². The second kappa shape index (κ2) is 11.2. The van der Waals surface area contributed by atoms with Gasteiger partial charge in [-0.3, -0.25) is 14.5 Å². The number of carbonyl (C=O) groups excluding carboxylic acids is 2. The summed E-state index contributed by atoms with van der Waals surface area (Å²) in [7, 11) is 0. The van der Waals surface area contributed by atoms with Gasteiger partial charge in [0, 0.05) is 31.6 Å². The van der Waals surface area contributed by atoms with Crippen molar-refractivity contribution in [3.05, 3.63) is 34.8 Å². The van der Waals surface area contributed by atoms with Crippen LogP contribution in [0, 0.1) is 11.8 Å². The quantitative estimate of drug-likeness (QED) is 0.585. The summed E-state index contributed by atoms with van der Waals surface area (Å²) in [5.41, 5.74) is 2.13. The van der Waals surface area contributed by atoms with E-state index in [4.69, 9.17) is 0 Å². The maximum Gasteiger partial charge on any atom is 0.231 e. The Morgan fingerprint density at radius 3 is 2.67 bits per heavy atom. The predicted octanol–water partition coefficient (Wildman–Crippen LogP) is 4.49. The minimum atomic E-state index is -0.377.